The van der Waals surface area contributed by atoms with Crippen LogP contribution >= 0.6 is 0 Å². The lowest BCUT2D eigenvalue weighted by Crippen LogP contribution is -2.48. The number of fused-ring (bicyclic) bond motifs is 1. The molecule has 52 heavy (non-hydrogen) atoms. The topological polar surface area (TPSA) is 161 Å². The highest BCUT2D eigenvalue weighted by Crippen LogP contribution is 2.43. The van der Waals surface area contributed by atoms with E-state index in [0.717, 1.165) is 0 Å². The highest BCUT2D eigenvalue weighted by Gasteiger charge is 2.53. The number of aromatic nitrogens is 4. The minimum atomic E-state index is -2.44. The molecular formula is C34H57N5O10Si3. The lowest BCUT2D eigenvalue weighted by Gasteiger charge is -2.38. The zero-order valence-corrected chi connectivity index (χ0v) is 36.3. The van der Waals surface area contributed by atoms with E-state index in [1.54, 1.807) is 10.9 Å². The summed E-state index contributed by atoms with van der Waals surface area (Å²) in [6, 6.07) is 5.69. The third-order valence-electron chi connectivity index (χ3n) is 10.8. The van der Waals surface area contributed by atoms with Crippen molar-refractivity contribution < 1.29 is 42.8 Å². The van der Waals surface area contributed by atoms with Crippen LogP contribution in [0.3, 0.4) is 0 Å². The predicted octanol–water partition coefficient (Wildman–Crippen LogP) is 9.02. The van der Waals surface area contributed by atoms with Crippen LogP contribution in [0.2, 0.25) is 54.4 Å². The molecule has 3 heterocycles. The molecule has 4 atom stereocenters. The maximum absolute atomic E-state index is 11.1. The fourth-order valence-corrected chi connectivity index (χ4v) is 5.91. The minimum absolute atomic E-state index is 0.0185. The average Bonchev–Trinajstić information content (AvgIpc) is 3.59. The normalized spacial score (nSPS) is 20.8. The molecule has 18 heteroatoms. The van der Waals surface area contributed by atoms with Gasteiger partial charge in [-0.2, -0.15) is 4.98 Å². The summed E-state index contributed by atoms with van der Waals surface area (Å²) in [5.74, 6) is 0.499. The Bertz CT molecular complexity index is 1680. The molecule has 0 bridgehead atoms. The Hall–Kier alpha value is -2.66. The molecule has 0 aliphatic carbocycles. The summed E-state index contributed by atoms with van der Waals surface area (Å²) in [5, 5.41) is 10.8. The third kappa shape index (κ3) is 9.34. The van der Waals surface area contributed by atoms with E-state index < -0.39 is 54.4 Å². The van der Waals surface area contributed by atoms with Gasteiger partial charge in [0.25, 0.3) is 11.6 Å². The molecule has 0 spiro atoms. The van der Waals surface area contributed by atoms with Crippen LogP contribution in [0.25, 0.3) is 11.2 Å². The fraction of sp³-hybridized carbons (Fsp3) is 0.676. The smallest absolute Gasteiger partial charge is 0.269 e. The van der Waals surface area contributed by atoms with E-state index >= 15 is 0 Å². The van der Waals surface area contributed by atoms with Crippen molar-refractivity contribution in [2.75, 3.05) is 6.61 Å². The van der Waals surface area contributed by atoms with Crippen LogP contribution in [0.1, 0.15) is 68.5 Å². The highest BCUT2D eigenvalue weighted by atomic mass is 28.4. The molecule has 1 fully saturated rings. The molecule has 1 aliphatic rings. The molecule has 0 saturated carbocycles. The second-order valence-corrected chi connectivity index (χ2v) is 31.9. The van der Waals surface area contributed by atoms with Crippen molar-refractivity contribution in [3.05, 3.63) is 47.0 Å². The van der Waals surface area contributed by atoms with E-state index in [1.807, 2.05) is 0 Å². The first kappa shape index (κ1) is 42.1. The maximum atomic E-state index is 11.1. The quantitative estimate of drug-likeness (QED) is 0.0660. The minimum Gasteiger partial charge on any atom is -0.437 e. The number of non-ortho nitro benzene ring substituents is 1. The summed E-state index contributed by atoms with van der Waals surface area (Å²) in [6.07, 6.45) is -0.362. The Morgan fingerprint density at radius 1 is 0.769 bits per heavy atom. The summed E-state index contributed by atoms with van der Waals surface area (Å²) in [7, 11) is -7.14. The average molecular weight is 780 g/mol. The second kappa shape index (κ2) is 15.2. The molecule has 0 radical (unpaired) electrons. The number of nitrogens with zero attached hydrogens (tertiary/aromatic N) is 5. The van der Waals surface area contributed by atoms with Gasteiger partial charge in [-0.25, -0.2) is 24.6 Å². The second-order valence-electron chi connectivity index (χ2n) is 17.9. The molecule has 0 unspecified atom stereocenters. The number of imidazole rings is 1. The zero-order valence-electron chi connectivity index (χ0n) is 33.3. The Morgan fingerprint density at radius 3 is 1.81 bits per heavy atom. The molecule has 1 saturated heterocycles. The van der Waals surface area contributed by atoms with Crippen LogP contribution < -0.4 is 4.74 Å². The van der Waals surface area contributed by atoms with Crippen molar-refractivity contribution in [2.24, 2.45) is 0 Å². The number of nitro benzene ring substituents is 1. The van der Waals surface area contributed by atoms with Crippen LogP contribution in [0, 0.1) is 10.1 Å². The summed E-state index contributed by atoms with van der Waals surface area (Å²) in [5.41, 5.74) is 0.668. The van der Waals surface area contributed by atoms with E-state index in [4.69, 9.17) is 37.9 Å². The maximum Gasteiger partial charge on any atom is 0.269 e. The van der Waals surface area contributed by atoms with E-state index in [2.05, 4.69) is 117 Å². The first-order valence-corrected chi connectivity index (χ1v) is 26.2. The van der Waals surface area contributed by atoms with Crippen LogP contribution in [0.5, 0.6) is 11.6 Å². The number of hydrogen-bond acceptors (Lipinski definition) is 13. The molecule has 0 N–H and O–H groups in total. The Labute approximate surface area is 309 Å². The monoisotopic (exact) mass is 779 g/mol. The van der Waals surface area contributed by atoms with Crippen molar-refractivity contribution in [1.82, 2.24) is 19.5 Å². The summed E-state index contributed by atoms with van der Waals surface area (Å²) < 4.78 is 33.2. The molecule has 1 aromatic carbocycles. The Morgan fingerprint density at radius 2 is 1.29 bits per heavy atom. The van der Waals surface area contributed by atoms with Gasteiger partial charge < -0.3 is 9.47 Å². The Kier molecular flexibility index (Phi) is 12.3. The molecule has 4 rings (SSSR count). The van der Waals surface area contributed by atoms with Gasteiger partial charge in [0.1, 0.15) is 24.8 Å². The summed E-state index contributed by atoms with van der Waals surface area (Å²) in [4.78, 5) is 42.8. The Balaban J connectivity index is 1.74. The van der Waals surface area contributed by atoms with E-state index in [1.165, 1.54) is 30.6 Å². The summed E-state index contributed by atoms with van der Waals surface area (Å²) >= 11 is 0. The number of benzene rings is 1. The van der Waals surface area contributed by atoms with Crippen LogP contribution in [0.4, 0.5) is 5.69 Å². The zero-order chi connectivity index (χ0) is 39.1. The third-order valence-corrected chi connectivity index (χ3v) is 23.2. The SMILES string of the molecule is CC(C)(C)[Si](C)(C)OOC[C@H]1O[C@@H](n2cnc3c(Oc4ccc([N+](=O)[O-])cc4)ncnc32)[C@H](OO[Si](C)(C)C(C)(C)C)[C@@H]1OO[Si](C)(C)C(C)(C)C. The van der Waals surface area contributed by atoms with Gasteiger partial charge in [-0.1, -0.05) is 62.3 Å². The van der Waals surface area contributed by atoms with Gasteiger partial charge in [-0.3, -0.25) is 28.4 Å². The number of nitro groups is 1. The largest absolute Gasteiger partial charge is 0.437 e. The molecule has 0 amide bonds. The standard InChI is InChI=1S/C34H57N5O10Si3/c1-32(2,3)50(10,11)47-42-20-25-27(45-48-51(12,13)33(4,5)6)28(46-49-52(14,15)34(7,8)9)31(44-25)38-22-37-26-29(38)35-21-36-30(26)43-24-18-16-23(17-19-24)39(40)41/h16-19,21-22,25,27-28,31H,20H2,1-15H3/t25-,27-,28-,31-/m1/s1. The van der Waals surface area contributed by atoms with Gasteiger partial charge in [-0.15, -0.1) is 0 Å². The first-order chi connectivity index (χ1) is 23.8. The van der Waals surface area contributed by atoms with Crippen molar-refractivity contribution in [1.29, 1.82) is 0 Å². The van der Waals surface area contributed by atoms with Gasteiger partial charge in [0.15, 0.2) is 29.6 Å². The first-order valence-electron chi connectivity index (χ1n) is 17.5. The lowest BCUT2D eigenvalue weighted by molar-refractivity contribution is -0.384. The molecule has 2 aromatic heterocycles. The summed E-state index contributed by atoms with van der Waals surface area (Å²) in [6.45, 7) is 31.8. The van der Waals surface area contributed by atoms with Gasteiger partial charge in [0, 0.05) is 12.1 Å². The van der Waals surface area contributed by atoms with Crippen LogP contribution in [-0.4, -0.2) is 74.3 Å². The molecule has 1 aliphatic heterocycles. The molecule has 15 nitrogen and oxygen atoms in total. The van der Waals surface area contributed by atoms with Gasteiger partial charge >= 0.3 is 0 Å². The van der Waals surface area contributed by atoms with Crippen LogP contribution in [-0.2, 0) is 33.1 Å². The highest BCUT2D eigenvalue weighted by molar-refractivity contribution is 6.74. The fourth-order valence-electron chi connectivity index (χ4n) is 4.10. The van der Waals surface area contributed by atoms with Gasteiger partial charge in [0.2, 0.25) is 25.0 Å². The van der Waals surface area contributed by atoms with Crippen molar-refractivity contribution in [3.8, 4) is 11.6 Å². The van der Waals surface area contributed by atoms with Crippen LogP contribution in [0.15, 0.2) is 36.9 Å². The van der Waals surface area contributed by atoms with Crippen molar-refractivity contribution >= 4 is 41.8 Å². The van der Waals surface area contributed by atoms with E-state index in [-0.39, 0.29) is 33.3 Å². The van der Waals surface area contributed by atoms with Gasteiger partial charge in [0.05, 0.1) is 11.3 Å². The molecule has 3 aromatic rings. The van der Waals surface area contributed by atoms with Crippen molar-refractivity contribution in [3.63, 3.8) is 0 Å². The van der Waals surface area contributed by atoms with E-state index in [0.29, 0.717) is 16.9 Å². The number of rotatable bonds is 14. The molecule has 290 valence electrons. The lowest BCUT2D eigenvalue weighted by atomic mass is 10.1. The number of ether oxygens (including phenoxy) is 2. The van der Waals surface area contributed by atoms with E-state index in [9.17, 15) is 10.1 Å². The molecular weight excluding hydrogens is 723 g/mol. The predicted molar refractivity (Wildman–Crippen MR) is 203 cm³/mol. The van der Waals surface area contributed by atoms with Gasteiger partial charge in [-0.05, 0) is 66.5 Å². The van der Waals surface area contributed by atoms with Crippen molar-refractivity contribution in [2.45, 2.75) is 141 Å². The number of hydrogen-bond donors (Lipinski definition) is 0.